The molecular formula is C39H83N6O+. The molecule has 0 saturated heterocycles. The average molecular weight is 652 g/mol. The van der Waals surface area contributed by atoms with E-state index in [0.29, 0.717) is 19.5 Å². The van der Waals surface area contributed by atoms with Crippen molar-refractivity contribution < 1.29 is 9.28 Å². The van der Waals surface area contributed by atoms with E-state index >= 15 is 0 Å². The van der Waals surface area contributed by atoms with E-state index in [1.165, 1.54) is 167 Å². The lowest BCUT2D eigenvalue weighted by Gasteiger charge is -2.35. The third-order valence-electron chi connectivity index (χ3n) is 10.0. The van der Waals surface area contributed by atoms with Gasteiger partial charge in [0.25, 0.3) is 0 Å². The Labute approximate surface area is 287 Å². The van der Waals surface area contributed by atoms with Crippen LogP contribution in [-0.2, 0) is 4.79 Å². The molecule has 0 aromatic heterocycles. The van der Waals surface area contributed by atoms with E-state index in [1.807, 2.05) is 6.92 Å². The van der Waals surface area contributed by atoms with Gasteiger partial charge in [-0.3, -0.25) is 4.79 Å². The molecular weight excluding hydrogens is 568 g/mol. The highest BCUT2D eigenvalue weighted by Crippen LogP contribution is 2.20. The van der Waals surface area contributed by atoms with Gasteiger partial charge in [0.15, 0.2) is 5.96 Å². The molecule has 274 valence electrons. The monoisotopic (exact) mass is 652 g/mol. The maximum Gasteiger partial charge on any atom is 0.247 e. The van der Waals surface area contributed by atoms with Gasteiger partial charge in [0.05, 0.1) is 33.2 Å². The number of aliphatic imine (C=N–C) groups is 1. The number of amides is 1. The normalized spacial score (nSPS) is 13.1. The van der Waals surface area contributed by atoms with E-state index in [2.05, 4.69) is 31.2 Å². The molecule has 7 heteroatoms. The van der Waals surface area contributed by atoms with Crippen molar-refractivity contribution in [2.24, 2.45) is 22.2 Å². The van der Waals surface area contributed by atoms with Gasteiger partial charge in [-0.2, -0.15) is 0 Å². The first kappa shape index (κ1) is 44.7. The van der Waals surface area contributed by atoms with Gasteiger partial charge in [0.1, 0.15) is 5.54 Å². The number of carbonyl (C=O) groups excluding carboxylic acids is 1. The van der Waals surface area contributed by atoms with E-state index in [0.717, 1.165) is 23.9 Å². The Morgan fingerprint density at radius 2 is 0.957 bits per heavy atom. The fourth-order valence-electron chi connectivity index (χ4n) is 6.75. The molecule has 0 spiro atoms. The topological polar surface area (TPSA) is 120 Å². The van der Waals surface area contributed by atoms with Crippen LogP contribution in [0.15, 0.2) is 4.99 Å². The fourth-order valence-corrected chi connectivity index (χ4v) is 6.75. The number of carbonyl (C=O) groups is 1. The van der Waals surface area contributed by atoms with Crippen LogP contribution in [0.2, 0.25) is 0 Å². The number of nitrogens with zero attached hydrogens (tertiary/aromatic N) is 2. The van der Waals surface area contributed by atoms with Gasteiger partial charge in [0, 0.05) is 0 Å². The summed E-state index contributed by atoms with van der Waals surface area (Å²) in [6, 6.07) is 0. The number of nitrogens with two attached hydrogens (primary N) is 3. The maximum absolute atomic E-state index is 13.3. The molecule has 1 unspecified atom stereocenters. The lowest BCUT2D eigenvalue weighted by molar-refractivity contribution is -0.908. The van der Waals surface area contributed by atoms with Crippen molar-refractivity contribution in [3.63, 3.8) is 0 Å². The van der Waals surface area contributed by atoms with Crippen LogP contribution in [0.3, 0.4) is 0 Å². The number of rotatable bonds is 35. The molecule has 0 bridgehead atoms. The van der Waals surface area contributed by atoms with E-state index in [9.17, 15) is 4.79 Å². The van der Waals surface area contributed by atoms with Crippen LogP contribution in [0.1, 0.15) is 194 Å². The summed E-state index contributed by atoms with van der Waals surface area (Å²) in [7, 11) is 2.40. The van der Waals surface area contributed by atoms with Crippen molar-refractivity contribution in [2.75, 3.05) is 39.8 Å². The van der Waals surface area contributed by atoms with Gasteiger partial charge in [-0.15, -0.1) is 0 Å². The number of likely N-dealkylation sites (N-methyl/N-ethyl adjacent to an activating group) is 1. The molecule has 7 nitrogen and oxygen atoms in total. The quantitative estimate of drug-likeness (QED) is 0.0236. The third kappa shape index (κ3) is 26.7. The minimum atomic E-state index is -0.942. The lowest BCUT2D eigenvalue weighted by atomic mass is 9.94. The average Bonchev–Trinajstić information content (AvgIpc) is 3.02. The highest BCUT2D eigenvalue weighted by atomic mass is 16.2. The van der Waals surface area contributed by atoms with Crippen molar-refractivity contribution in [3.05, 3.63) is 0 Å². The molecule has 46 heavy (non-hydrogen) atoms. The van der Waals surface area contributed by atoms with Gasteiger partial charge < -0.3 is 27.0 Å². The van der Waals surface area contributed by atoms with E-state index in [1.54, 1.807) is 0 Å². The van der Waals surface area contributed by atoms with Crippen LogP contribution in [0.5, 0.6) is 0 Å². The Morgan fingerprint density at radius 1 is 0.587 bits per heavy atom. The number of guanidine groups is 1. The molecule has 0 fully saturated rings. The number of nitrogens with one attached hydrogen (secondary N) is 1. The first-order chi connectivity index (χ1) is 22.2. The van der Waals surface area contributed by atoms with Crippen LogP contribution in [0, 0.1) is 0 Å². The zero-order valence-corrected chi connectivity index (χ0v) is 31.7. The Balaban J connectivity index is 4.64. The molecule has 0 aliphatic carbocycles. The SMILES string of the molecule is CCCCCCCCCCCCCC[N+](C)(CCCCCCCCCCCCCC)CCNC(=O)C(C)(CCCCN)N=C(N)N. The first-order valence-electron chi connectivity index (χ1n) is 20.2. The second-order valence-corrected chi connectivity index (χ2v) is 14.9. The van der Waals surface area contributed by atoms with E-state index < -0.39 is 5.54 Å². The predicted molar refractivity (Wildman–Crippen MR) is 203 cm³/mol. The summed E-state index contributed by atoms with van der Waals surface area (Å²) in [5.74, 6) is -0.120. The summed E-state index contributed by atoms with van der Waals surface area (Å²) in [4.78, 5) is 17.6. The number of hydrogen-bond donors (Lipinski definition) is 4. The predicted octanol–water partition coefficient (Wildman–Crippen LogP) is 9.11. The van der Waals surface area contributed by atoms with Gasteiger partial charge in [-0.05, 0) is 58.4 Å². The van der Waals surface area contributed by atoms with Crippen molar-refractivity contribution >= 4 is 11.9 Å². The van der Waals surface area contributed by atoms with Crippen molar-refractivity contribution in [1.82, 2.24) is 5.32 Å². The Bertz CT molecular complexity index is 683. The van der Waals surface area contributed by atoms with E-state index in [-0.39, 0.29) is 11.9 Å². The maximum atomic E-state index is 13.3. The molecule has 0 rings (SSSR count). The van der Waals surface area contributed by atoms with E-state index in [4.69, 9.17) is 17.2 Å². The van der Waals surface area contributed by atoms with Crippen LogP contribution < -0.4 is 22.5 Å². The summed E-state index contributed by atoms with van der Waals surface area (Å²) in [5.41, 5.74) is 16.2. The minimum absolute atomic E-state index is 0.0371. The number of hydrogen-bond acceptors (Lipinski definition) is 3. The van der Waals surface area contributed by atoms with Crippen molar-refractivity contribution in [2.45, 2.75) is 200 Å². The molecule has 0 saturated carbocycles. The summed E-state index contributed by atoms with van der Waals surface area (Å²) >= 11 is 0. The third-order valence-corrected chi connectivity index (χ3v) is 10.0. The Morgan fingerprint density at radius 3 is 1.30 bits per heavy atom. The fraction of sp³-hybridized carbons (Fsp3) is 0.949. The molecule has 0 heterocycles. The van der Waals surface area contributed by atoms with Crippen molar-refractivity contribution in [1.29, 1.82) is 0 Å². The van der Waals surface area contributed by atoms with Crippen LogP contribution in [0.4, 0.5) is 0 Å². The zero-order chi connectivity index (χ0) is 34.2. The van der Waals surface area contributed by atoms with Crippen LogP contribution in [-0.4, -0.2) is 61.7 Å². The molecule has 0 aliphatic heterocycles. The molecule has 0 aromatic carbocycles. The first-order valence-corrected chi connectivity index (χ1v) is 20.2. The molecule has 0 aliphatic rings. The van der Waals surface area contributed by atoms with Gasteiger partial charge in [-0.25, -0.2) is 4.99 Å². The summed E-state index contributed by atoms with van der Waals surface area (Å²) in [6.07, 6.45) is 35.3. The number of unbranched alkanes of at least 4 members (excludes halogenated alkanes) is 23. The zero-order valence-electron chi connectivity index (χ0n) is 31.7. The molecule has 1 atom stereocenters. The summed E-state index contributed by atoms with van der Waals surface area (Å²) < 4.78 is 1.03. The Hall–Kier alpha value is -1.34. The number of quaternary nitrogens is 1. The van der Waals surface area contributed by atoms with Gasteiger partial charge >= 0.3 is 0 Å². The summed E-state index contributed by atoms with van der Waals surface area (Å²) in [6.45, 7) is 11.0. The van der Waals surface area contributed by atoms with Crippen LogP contribution >= 0.6 is 0 Å². The molecule has 0 aromatic rings. The standard InChI is InChI=1S/C39H82N6O/c1-5-7-9-11-13-15-17-19-21-23-25-29-34-45(4,35-30-26-24-22-20-18-16-14-12-10-8-6-2)36-33-43-37(46)39(3,44-38(41)42)31-27-28-32-40/h5-36,40H2,1-4H3,(H4-,41,42,43,44,46)/p+1. The van der Waals surface area contributed by atoms with Gasteiger partial charge in [0.2, 0.25) is 5.91 Å². The second-order valence-electron chi connectivity index (χ2n) is 14.9. The van der Waals surface area contributed by atoms with Crippen LogP contribution in [0.25, 0.3) is 0 Å². The Kier molecular flexibility index (Phi) is 30.1. The molecule has 0 radical (unpaired) electrons. The van der Waals surface area contributed by atoms with Crippen molar-refractivity contribution in [3.8, 4) is 0 Å². The second kappa shape index (κ2) is 31.0. The van der Waals surface area contributed by atoms with Gasteiger partial charge in [-0.1, -0.05) is 142 Å². The smallest absolute Gasteiger partial charge is 0.247 e. The highest BCUT2D eigenvalue weighted by Gasteiger charge is 2.33. The largest absolute Gasteiger partial charge is 0.370 e. The highest BCUT2D eigenvalue weighted by molar-refractivity contribution is 5.89. The summed E-state index contributed by atoms with van der Waals surface area (Å²) in [5, 5.41) is 3.20. The molecule has 7 N–H and O–H groups in total. The lowest BCUT2D eigenvalue weighted by Crippen LogP contribution is -2.52. The minimum Gasteiger partial charge on any atom is -0.370 e. The molecule has 1 amide bonds.